The van der Waals surface area contributed by atoms with Gasteiger partial charge < -0.3 is 14.8 Å². The van der Waals surface area contributed by atoms with Gasteiger partial charge in [-0.05, 0) is 36.6 Å². The molecule has 1 N–H and O–H groups in total. The highest BCUT2D eigenvalue weighted by Crippen LogP contribution is 2.33. The maximum atomic E-state index is 13.1. The number of methoxy groups -OCH3 is 2. The molecular weight excluding hydrogens is 378 g/mol. The molecule has 1 aliphatic carbocycles. The van der Waals surface area contributed by atoms with E-state index in [1.807, 2.05) is 47.3 Å². The lowest BCUT2D eigenvalue weighted by molar-refractivity contribution is 0.0938. The number of nitrogens with one attached hydrogen (secondary N) is 1. The van der Waals surface area contributed by atoms with Gasteiger partial charge in [0.25, 0.3) is 5.91 Å². The van der Waals surface area contributed by atoms with Crippen molar-refractivity contribution in [2.45, 2.75) is 38.3 Å². The minimum Gasteiger partial charge on any atom is -0.493 e. The third-order valence-corrected chi connectivity index (χ3v) is 5.54. The van der Waals surface area contributed by atoms with Crippen LogP contribution in [0.2, 0.25) is 0 Å². The molecule has 0 radical (unpaired) electrons. The third kappa shape index (κ3) is 4.32. The number of benzene rings is 2. The number of carbonyl (C=O) groups excluding carboxylic acids is 1. The molecule has 0 saturated heterocycles. The van der Waals surface area contributed by atoms with Crippen molar-refractivity contribution < 1.29 is 14.3 Å². The highest BCUT2D eigenvalue weighted by Gasteiger charge is 2.23. The Labute approximate surface area is 176 Å². The second-order valence-corrected chi connectivity index (χ2v) is 7.60. The fraction of sp³-hybridized carbons (Fsp3) is 0.333. The zero-order valence-electron chi connectivity index (χ0n) is 17.4. The molecule has 6 heteroatoms. The SMILES string of the molecule is COc1ccc(-c2nn(Cc3ccccc3)cc2C(=O)NC2CCCC2)cc1OC. The Kier molecular flexibility index (Phi) is 6.02. The van der Waals surface area contributed by atoms with Crippen LogP contribution in [-0.2, 0) is 6.54 Å². The Morgan fingerprint density at radius 2 is 1.80 bits per heavy atom. The van der Waals surface area contributed by atoms with E-state index in [0.717, 1.165) is 24.0 Å². The Balaban J connectivity index is 1.70. The molecule has 1 heterocycles. The van der Waals surface area contributed by atoms with Crippen molar-refractivity contribution >= 4 is 5.91 Å². The van der Waals surface area contributed by atoms with Crippen LogP contribution in [0.4, 0.5) is 0 Å². The van der Waals surface area contributed by atoms with Crippen LogP contribution in [0.1, 0.15) is 41.6 Å². The molecule has 0 bridgehead atoms. The van der Waals surface area contributed by atoms with Crippen LogP contribution in [-0.4, -0.2) is 35.9 Å². The molecule has 1 aromatic heterocycles. The molecule has 3 aromatic rings. The minimum atomic E-state index is -0.0778. The third-order valence-electron chi connectivity index (χ3n) is 5.54. The van der Waals surface area contributed by atoms with E-state index in [-0.39, 0.29) is 11.9 Å². The van der Waals surface area contributed by atoms with Crippen LogP contribution in [0.3, 0.4) is 0 Å². The second kappa shape index (κ2) is 9.03. The fourth-order valence-corrected chi connectivity index (χ4v) is 3.97. The maximum absolute atomic E-state index is 13.1. The molecule has 0 spiro atoms. The van der Waals surface area contributed by atoms with Crippen molar-refractivity contribution in [1.82, 2.24) is 15.1 Å². The Hall–Kier alpha value is -3.28. The van der Waals surface area contributed by atoms with E-state index in [4.69, 9.17) is 14.6 Å². The summed E-state index contributed by atoms with van der Waals surface area (Å²) in [5.74, 6) is 1.17. The quantitative estimate of drug-likeness (QED) is 0.637. The molecule has 1 fully saturated rings. The summed E-state index contributed by atoms with van der Waals surface area (Å²) in [6, 6.07) is 15.9. The molecule has 1 saturated carbocycles. The van der Waals surface area contributed by atoms with Gasteiger partial charge in [-0.25, -0.2) is 0 Å². The van der Waals surface area contributed by atoms with E-state index in [0.29, 0.717) is 29.3 Å². The summed E-state index contributed by atoms with van der Waals surface area (Å²) in [4.78, 5) is 13.1. The number of hydrogen-bond acceptors (Lipinski definition) is 4. The van der Waals surface area contributed by atoms with Crippen molar-refractivity contribution in [2.75, 3.05) is 14.2 Å². The van der Waals surface area contributed by atoms with Gasteiger partial charge in [-0.1, -0.05) is 43.2 Å². The van der Waals surface area contributed by atoms with Crippen LogP contribution in [0.15, 0.2) is 54.7 Å². The van der Waals surface area contributed by atoms with Crippen LogP contribution in [0, 0.1) is 0 Å². The van der Waals surface area contributed by atoms with Crippen LogP contribution >= 0.6 is 0 Å². The fourth-order valence-electron chi connectivity index (χ4n) is 3.97. The van der Waals surface area contributed by atoms with Gasteiger partial charge in [-0.2, -0.15) is 5.10 Å². The Morgan fingerprint density at radius 3 is 2.50 bits per heavy atom. The summed E-state index contributed by atoms with van der Waals surface area (Å²) in [6.45, 7) is 0.595. The van der Waals surface area contributed by atoms with Gasteiger partial charge in [-0.15, -0.1) is 0 Å². The first kappa shape index (κ1) is 20.0. The van der Waals surface area contributed by atoms with Crippen LogP contribution < -0.4 is 14.8 Å². The second-order valence-electron chi connectivity index (χ2n) is 7.60. The van der Waals surface area contributed by atoms with Gasteiger partial charge in [-0.3, -0.25) is 9.48 Å². The lowest BCUT2D eigenvalue weighted by Gasteiger charge is -2.12. The molecule has 30 heavy (non-hydrogen) atoms. The van der Waals surface area contributed by atoms with E-state index in [9.17, 15) is 4.79 Å². The molecule has 2 aromatic carbocycles. The van der Waals surface area contributed by atoms with Gasteiger partial charge >= 0.3 is 0 Å². The average Bonchev–Trinajstić information content (AvgIpc) is 3.44. The zero-order valence-corrected chi connectivity index (χ0v) is 17.4. The molecule has 0 unspecified atom stereocenters. The molecular formula is C24H27N3O3. The highest BCUT2D eigenvalue weighted by atomic mass is 16.5. The first-order valence-corrected chi connectivity index (χ1v) is 10.3. The molecule has 1 aliphatic rings. The maximum Gasteiger partial charge on any atom is 0.255 e. The summed E-state index contributed by atoms with van der Waals surface area (Å²) in [5.41, 5.74) is 3.16. The lowest BCUT2D eigenvalue weighted by Crippen LogP contribution is -2.32. The number of amides is 1. The molecule has 4 rings (SSSR count). The number of ether oxygens (including phenoxy) is 2. The first-order chi connectivity index (χ1) is 14.7. The standard InChI is InChI=1S/C24H27N3O3/c1-29-21-13-12-18(14-22(21)30-2)23-20(24(28)25-19-10-6-7-11-19)16-27(26-23)15-17-8-4-3-5-9-17/h3-5,8-9,12-14,16,19H,6-7,10-11,15H2,1-2H3,(H,25,28). The summed E-state index contributed by atoms with van der Waals surface area (Å²) >= 11 is 0. The Bertz CT molecular complexity index is 1010. The Morgan fingerprint density at radius 1 is 1.07 bits per heavy atom. The summed E-state index contributed by atoms with van der Waals surface area (Å²) in [7, 11) is 3.20. The molecule has 6 nitrogen and oxygen atoms in total. The van der Waals surface area contributed by atoms with Crippen molar-refractivity contribution in [3.8, 4) is 22.8 Å². The van der Waals surface area contributed by atoms with Gasteiger partial charge in [0.05, 0.1) is 26.3 Å². The van der Waals surface area contributed by atoms with Gasteiger partial charge in [0.15, 0.2) is 11.5 Å². The zero-order chi connectivity index (χ0) is 20.9. The van der Waals surface area contributed by atoms with E-state index < -0.39 is 0 Å². The van der Waals surface area contributed by atoms with Gasteiger partial charge in [0, 0.05) is 17.8 Å². The van der Waals surface area contributed by atoms with E-state index in [1.165, 1.54) is 12.8 Å². The van der Waals surface area contributed by atoms with Crippen molar-refractivity contribution in [3.63, 3.8) is 0 Å². The molecule has 0 aliphatic heterocycles. The largest absolute Gasteiger partial charge is 0.493 e. The highest BCUT2D eigenvalue weighted by molar-refractivity contribution is 6.00. The predicted octanol–water partition coefficient (Wildman–Crippen LogP) is 4.29. The monoisotopic (exact) mass is 405 g/mol. The summed E-state index contributed by atoms with van der Waals surface area (Å²) in [5, 5.41) is 7.95. The van der Waals surface area contributed by atoms with Crippen molar-refractivity contribution in [3.05, 3.63) is 65.9 Å². The van der Waals surface area contributed by atoms with Crippen LogP contribution in [0.5, 0.6) is 11.5 Å². The average molecular weight is 405 g/mol. The van der Waals surface area contributed by atoms with Crippen LogP contribution in [0.25, 0.3) is 11.3 Å². The smallest absolute Gasteiger partial charge is 0.255 e. The predicted molar refractivity (Wildman–Crippen MR) is 116 cm³/mol. The topological polar surface area (TPSA) is 65.4 Å². The van der Waals surface area contributed by atoms with E-state index in [1.54, 1.807) is 14.2 Å². The van der Waals surface area contributed by atoms with Crippen molar-refractivity contribution in [2.24, 2.45) is 0 Å². The normalized spacial score (nSPS) is 13.9. The van der Waals surface area contributed by atoms with E-state index >= 15 is 0 Å². The molecule has 156 valence electrons. The number of nitrogens with zero attached hydrogens (tertiary/aromatic N) is 2. The molecule has 1 amide bonds. The van der Waals surface area contributed by atoms with Gasteiger partial charge in [0.2, 0.25) is 0 Å². The number of carbonyl (C=O) groups is 1. The summed E-state index contributed by atoms with van der Waals surface area (Å²) < 4.78 is 12.6. The number of rotatable bonds is 7. The van der Waals surface area contributed by atoms with Crippen molar-refractivity contribution in [1.29, 1.82) is 0 Å². The number of aromatic nitrogens is 2. The van der Waals surface area contributed by atoms with E-state index in [2.05, 4.69) is 17.4 Å². The lowest BCUT2D eigenvalue weighted by atomic mass is 10.1. The molecule has 0 atom stereocenters. The first-order valence-electron chi connectivity index (χ1n) is 10.3. The summed E-state index contributed by atoms with van der Waals surface area (Å²) in [6.07, 6.45) is 6.25. The minimum absolute atomic E-state index is 0.0778. The van der Waals surface area contributed by atoms with Gasteiger partial charge in [0.1, 0.15) is 5.69 Å². The number of hydrogen-bond donors (Lipinski definition) is 1.